The molecule has 0 aromatic carbocycles. The molecule has 0 radical (unpaired) electrons. The standard InChI is InChI=1S/C15H11F3N2O3S2/c16-15(17,18)12-4-7(10-2-1-3-24-10)19-14(20-12)25-11-5-8(21)13-22-6-9(11)23-13/h1-4,9,11,13H,5-6H2/t9-,11-,13+/m1/s1. The Hall–Kier alpha value is -1.49. The number of ether oxygens (including phenoxy) is 2. The summed E-state index contributed by atoms with van der Waals surface area (Å²) >= 11 is 2.32. The summed E-state index contributed by atoms with van der Waals surface area (Å²) in [6, 6.07) is 4.38. The second kappa shape index (κ2) is 6.35. The predicted octanol–water partition coefficient (Wildman–Crippen LogP) is 3.40. The first kappa shape index (κ1) is 17.0. The molecule has 0 aliphatic carbocycles. The number of fused-ring (bicyclic) bond motifs is 2. The number of rotatable bonds is 3. The van der Waals surface area contributed by atoms with Crippen LogP contribution in [-0.2, 0) is 20.4 Å². The molecule has 4 rings (SSSR count). The molecule has 0 saturated carbocycles. The fourth-order valence-electron chi connectivity index (χ4n) is 2.64. The van der Waals surface area contributed by atoms with Gasteiger partial charge in [-0.05, 0) is 17.5 Å². The molecule has 132 valence electrons. The molecule has 2 aliphatic heterocycles. The third kappa shape index (κ3) is 3.43. The number of hydrogen-bond donors (Lipinski definition) is 0. The van der Waals surface area contributed by atoms with E-state index >= 15 is 0 Å². The number of thioether (sulfide) groups is 1. The molecule has 0 amide bonds. The zero-order valence-corrected chi connectivity index (χ0v) is 14.2. The van der Waals surface area contributed by atoms with Gasteiger partial charge in [-0.2, -0.15) is 13.2 Å². The van der Waals surface area contributed by atoms with Gasteiger partial charge in [0, 0.05) is 11.7 Å². The van der Waals surface area contributed by atoms with Crippen molar-refractivity contribution in [2.45, 2.75) is 35.4 Å². The Kier molecular flexibility index (Phi) is 4.30. The summed E-state index contributed by atoms with van der Waals surface area (Å²) in [6.07, 6.45) is -5.61. The van der Waals surface area contributed by atoms with Crippen molar-refractivity contribution in [2.24, 2.45) is 0 Å². The Bertz CT molecular complexity index is 798. The molecule has 0 N–H and O–H groups in total. The minimum absolute atomic E-state index is 0.0232. The summed E-state index contributed by atoms with van der Waals surface area (Å²) in [5.74, 6) is -0.211. The maximum atomic E-state index is 13.2. The number of alkyl halides is 3. The van der Waals surface area contributed by atoms with Crippen LogP contribution in [0.4, 0.5) is 13.2 Å². The van der Waals surface area contributed by atoms with Crippen molar-refractivity contribution in [2.75, 3.05) is 6.61 Å². The molecule has 10 heteroatoms. The highest BCUT2D eigenvalue weighted by atomic mass is 32.2. The Morgan fingerprint density at radius 1 is 1.32 bits per heavy atom. The molecule has 2 aromatic heterocycles. The van der Waals surface area contributed by atoms with E-state index in [2.05, 4.69) is 9.97 Å². The van der Waals surface area contributed by atoms with Crippen LogP contribution in [0.5, 0.6) is 0 Å². The lowest BCUT2D eigenvalue weighted by atomic mass is 10.1. The Morgan fingerprint density at radius 3 is 2.88 bits per heavy atom. The number of thiophene rings is 1. The number of aromatic nitrogens is 2. The highest BCUT2D eigenvalue weighted by Gasteiger charge is 2.44. The van der Waals surface area contributed by atoms with Gasteiger partial charge in [0.05, 0.1) is 23.3 Å². The van der Waals surface area contributed by atoms with Crippen molar-refractivity contribution in [1.82, 2.24) is 9.97 Å². The Morgan fingerprint density at radius 2 is 2.16 bits per heavy atom. The Labute approximate surface area is 148 Å². The van der Waals surface area contributed by atoms with Gasteiger partial charge >= 0.3 is 6.18 Å². The maximum absolute atomic E-state index is 13.2. The summed E-state index contributed by atoms with van der Waals surface area (Å²) in [4.78, 5) is 20.4. The first-order valence-corrected chi connectivity index (χ1v) is 9.12. The first-order valence-electron chi connectivity index (χ1n) is 7.37. The van der Waals surface area contributed by atoms with Crippen molar-refractivity contribution in [3.05, 3.63) is 29.3 Å². The van der Waals surface area contributed by atoms with Crippen LogP contribution in [0.15, 0.2) is 28.7 Å². The fourth-order valence-corrected chi connectivity index (χ4v) is 4.44. The van der Waals surface area contributed by atoms with Gasteiger partial charge in [-0.25, -0.2) is 9.97 Å². The SMILES string of the molecule is O=C1C[C@@H](Sc2nc(-c3cccs3)cc(C(F)(F)F)n2)[C@H]2CO[C@H]1O2. The molecule has 25 heavy (non-hydrogen) atoms. The predicted molar refractivity (Wildman–Crippen MR) is 84.2 cm³/mol. The van der Waals surface area contributed by atoms with Gasteiger partial charge in [0.25, 0.3) is 0 Å². The number of hydrogen-bond acceptors (Lipinski definition) is 7. The molecule has 2 aromatic rings. The lowest BCUT2D eigenvalue weighted by Crippen LogP contribution is -2.37. The molecule has 0 unspecified atom stereocenters. The van der Waals surface area contributed by atoms with E-state index in [0.717, 1.165) is 17.8 Å². The van der Waals surface area contributed by atoms with Gasteiger partial charge < -0.3 is 9.47 Å². The van der Waals surface area contributed by atoms with Crippen molar-refractivity contribution in [3.8, 4) is 10.6 Å². The summed E-state index contributed by atoms with van der Waals surface area (Å²) in [6.45, 7) is 0.241. The average Bonchev–Trinajstić information content (AvgIpc) is 3.23. The normalized spacial score (nSPS) is 26.2. The second-order valence-electron chi connectivity index (χ2n) is 5.56. The van der Waals surface area contributed by atoms with E-state index in [1.165, 1.54) is 11.3 Å². The zero-order valence-electron chi connectivity index (χ0n) is 12.5. The van der Waals surface area contributed by atoms with E-state index in [1.807, 2.05) is 0 Å². The van der Waals surface area contributed by atoms with Crippen molar-refractivity contribution >= 4 is 28.9 Å². The quantitative estimate of drug-likeness (QED) is 0.751. The minimum atomic E-state index is -4.58. The van der Waals surface area contributed by atoms with E-state index in [0.29, 0.717) is 4.88 Å². The van der Waals surface area contributed by atoms with Crippen LogP contribution in [-0.4, -0.2) is 40.0 Å². The molecule has 5 nitrogen and oxygen atoms in total. The van der Waals surface area contributed by atoms with Gasteiger partial charge in [0.2, 0.25) is 6.29 Å². The lowest BCUT2D eigenvalue weighted by Gasteiger charge is -2.25. The van der Waals surface area contributed by atoms with Gasteiger partial charge in [-0.15, -0.1) is 11.3 Å². The molecule has 3 atom stereocenters. The first-order chi connectivity index (χ1) is 11.9. The van der Waals surface area contributed by atoms with Crippen LogP contribution in [0.1, 0.15) is 12.1 Å². The van der Waals surface area contributed by atoms with Crippen LogP contribution in [0.3, 0.4) is 0 Å². The molecule has 2 fully saturated rings. The van der Waals surface area contributed by atoms with E-state index in [1.54, 1.807) is 17.5 Å². The van der Waals surface area contributed by atoms with E-state index in [-0.39, 0.29) is 41.0 Å². The molecule has 4 heterocycles. The molecule has 2 aliphatic rings. The smallest absolute Gasteiger partial charge is 0.343 e. The summed E-state index contributed by atoms with van der Waals surface area (Å²) in [5.41, 5.74) is -0.791. The molecule has 2 saturated heterocycles. The number of nitrogens with zero attached hydrogens (tertiary/aromatic N) is 2. The summed E-state index contributed by atoms with van der Waals surface area (Å²) in [7, 11) is 0. The zero-order chi connectivity index (χ0) is 17.6. The molecule has 0 spiro atoms. The molecular formula is C15H11F3N2O3S2. The number of carbonyl (C=O) groups excluding carboxylic acids is 1. The van der Waals surface area contributed by atoms with E-state index in [4.69, 9.17) is 9.47 Å². The summed E-state index contributed by atoms with van der Waals surface area (Å²) in [5, 5.41) is 1.37. The highest BCUT2D eigenvalue weighted by Crippen LogP contribution is 2.38. The second-order valence-corrected chi connectivity index (χ2v) is 7.72. The number of halogens is 3. The highest BCUT2D eigenvalue weighted by molar-refractivity contribution is 7.99. The third-order valence-corrected chi connectivity index (χ3v) is 5.88. The van der Waals surface area contributed by atoms with Crippen molar-refractivity contribution in [1.29, 1.82) is 0 Å². The molecule has 2 bridgehead atoms. The Balaban J connectivity index is 1.66. The van der Waals surface area contributed by atoms with Crippen molar-refractivity contribution in [3.63, 3.8) is 0 Å². The average molecular weight is 388 g/mol. The van der Waals surface area contributed by atoms with E-state index < -0.39 is 18.2 Å². The van der Waals surface area contributed by atoms with Crippen LogP contribution < -0.4 is 0 Å². The van der Waals surface area contributed by atoms with Gasteiger partial charge in [0.15, 0.2) is 10.9 Å². The van der Waals surface area contributed by atoms with Crippen LogP contribution in [0, 0.1) is 0 Å². The number of ketones is 1. The third-order valence-electron chi connectivity index (χ3n) is 3.82. The van der Waals surface area contributed by atoms with Crippen molar-refractivity contribution < 1.29 is 27.4 Å². The lowest BCUT2D eigenvalue weighted by molar-refractivity contribution is -0.151. The van der Waals surface area contributed by atoms with Gasteiger partial charge in [0.1, 0.15) is 5.69 Å². The topological polar surface area (TPSA) is 61.3 Å². The van der Waals surface area contributed by atoms with Crippen LogP contribution in [0.25, 0.3) is 10.6 Å². The number of Topliss-reactive ketones (excluding diaryl/α,β-unsaturated/α-hetero) is 1. The summed E-state index contributed by atoms with van der Waals surface area (Å²) < 4.78 is 50.2. The maximum Gasteiger partial charge on any atom is 0.433 e. The monoisotopic (exact) mass is 388 g/mol. The number of carbonyl (C=O) groups is 1. The molecular weight excluding hydrogens is 377 g/mol. The minimum Gasteiger partial charge on any atom is -0.343 e. The van der Waals surface area contributed by atoms with E-state index in [9.17, 15) is 18.0 Å². The van der Waals surface area contributed by atoms with Crippen LogP contribution >= 0.6 is 23.1 Å². The van der Waals surface area contributed by atoms with Gasteiger partial charge in [-0.3, -0.25) is 4.79 Å². The largest absolute Gasteiger partial charge is 0.433 e. The fraction of sp³-hybridized carbons (Fsp3) is 0.400. The van der Waals surface area contributed by atoms with Gasteiger partial charge in [-0.1, -0.05) is 17.8 Å². The van der Waals surface area contributed by atoms with Crippen LogP contribution in [0.2, 0.25) is 0 Å².